The average Bonchev–Trinajstić information content (AvgIpc) is 3.31. The second-order valence-electron chi connectivity index (χ2n) is 9.47. The van der Waals surface area contributed by atoms with Crippen molar-refractivity contribution in [1.29, 1.82) is 0 Å². The number of ketones is 1. The number of esters is 2. The van der Waals surface area contributed by atoms with Crippen LogP contribution in [0.4, 0.5) is 0 Å². The van der Waals surface area contributed by atoms with Gasteiger partial charge in [-0.05, 0) is 73.2 Å². The lowest BCUT2D eigenvalue weighted by Crippen LogP contribution is -2.17. The summed E-state index contributed by atoms with van der Waals surface area (Å²) >= 11 is 6.01. The Balaban J connectivity index is 1.46. The number of carbonyl (C=O) groups excluding carboxylic acids is 3. The summed E-state index contributed by atoms with van der Waals surface area (Å²) in [5.41, 5.74) is 2.18. The molecular weight excluding hydrogens is 574 g/mol. The van der Waals surface area contributed by atoms with Gasteiger partial charge in [-0.2, -0.15) is 0 Å². The van der Waals surface area contributed by atoms with Crippen LogP contribution in [0.15, 0.2) is 84.9 Å². The number of methoxy groups -OCH3 is 1. The molecule has 0 spiro atoms. The molecule has 9 nitrogen and oxygen atoms in total. The van der Waals surface area contributed by atoms with Crippen LogP contribution in [0.1, 0.15) is 47.9 Å². The number of benzene rings is 4. The summed E-state index contributed by atoms with van der Waals surface area (Å²) in [6.07, 6.45) is -0.245. The van der Waals surface area contributed by atoms with Crippen molar-refractivity contribution in [3.63, 3.8) is 0 Å². The Kier molecular flexibility index (Phi) is 8.27. The van der Waals surface area contributed by atoms with E-state index in [-0.39, 0.29) is 40.4 Å². The molecule has 0 unspecified atom stereocenters. The predicted molar refractivity (Wildman–Crippen MR) is 159 cm³/mol. The van der Waals surface area contributed by atoms with E-state index >= 15 is 0 Å². The summed E-state index contributed by atoms with van der Waals surface area (Å²) in [6.45, 7) is 1.77. The van der Waals surface area contributed by atoms with E-state index in [1.165, 1.54) is 43.5 Å². The normalized spacial score (nSPS) is 10.8. The maximum Gasteiger partial charge on any atom is 0.347 e. The number of carbonyl (C=O) groups is 4. The maximum absolute atomic E-state index is 13.7. The number of halogens is 1. The third kappa shape index (κ3) is 5.98. The van der Waals surface area contributed by atoms with E-state index in [4.69, 9.17) is 25.8 Å². The van der Waals surface area contributed by atoms with Gasteiger partial charge < -0.3 is 24.3 Å². The number of para-hydroxylation sites is 2. The molecule has 1 heterocycles. The minimum Gasteiger partial charge on any atom is -0.496 e. The second kappa shape index (κ2) is 12.2. The number of hydrogen-bond acceptors (Lipinski definition) is 7. The summed E-state index contributed by atoms with van der Waals surface area (Å²) in [7, 11) is 1.46. The van der Waals surface area contributed by atoms with Gasteiger partial charge in [-0.15, -0.1) is 0 Å². The van der Waals surface area contributed by atoms with Gasteiger partial charge >= 0.3 is 17.9 Å². The highest BCUT2D eigenvalue weighted by molar-refractivity contribution is 6.30. The van der Waals surface area contributed by atoms with Crippen molar-refractivity contribution in [2.24, 2.45) is 0 Å². The lowest BCUT2D eigenvalue weighted by Gasteiger charge is -2.13. The number of nitrogens with one attached hydrogen (secondary N) is 1. The van der Waals surface area contributed by atoms with Crippen LogP contribution in [-0.4, -0.2) is 40.9 Å². The average molecular weight is 598 g/mol. The first kappa shape index (κ1) is 29.1. The van der Waals surface area contributed by atoms with E-state index in [2.05, 4.69) is 4.98 Å². The summed E-state index contributed by atoms with van der Waals surface area (Å²) in [5, 5.41) is 10.4. The summed E-state index contributed by atoms with van der Waals surface area (Å²) in [4.78, 5) is 54.7. The van der Waals surface area contributed by atoms with Crippen LogP contribution in [0.2, 0.25) is 5.02 Å². The third-order valence-corrected chi connectivity index (χ3v) is 7.02. The molecular formula is C33H24ClNO8. The molecule has 5 rings (SSSR count). The van der Waals surface area contributed by atoms with E-state index in [9.17, 15) is 24.3 Å². The Morgan fingerprint density at radius 1 is 0.791 bits per heavy atom. The van der Waals surface area contributed by atoms with Gasteiger partial charge in [-0.25, -0.2) is 9.59 Å². The molecule has 5 aromatic rings. The van der Waals surface area contributed by atoms with E-state index < -0.39 is 17.9 Å². The van der Waals surface area contributed by atoms with E-state index in [0.29, 0.717) is 38.5 Å². The van der Waals surface area contributed by atoms with Gasteiger partial charge in [-0.3, -0.25) is 9.59 Å². The zero-order valence-electron chi connectivity index (χ0n) is 23.0. The fraction of sp³-hybridized carbons (Fsp3) is 0.0909. The standard InChI is InChI=1S/C33H24ClNO8/c1-18-23(29-24(35-18)15-16-27(41-2)30(29)31(37)19-11-13-20(34)14-12-19)17-28(36)42-26-10-6-4-8-22(26)33(40)43-25-9-5-3-7-21(25)32(38)39/h3-16,35H,17H2,1-2H3,(H,38,39). The number of carboxylic acids is 1. The van der Waals surface area contributed by atoms with Crippen molar-refractivity contribution < 1.29 is 38.5 Å². The van der Waals surface area contributed by atoms with Crippen LogP contribution < -0.4 is 14.2 Å². The van der Waals surface area contributed by atoms with Crippen molar-refractivity contribution in [1.82, 2.24) is 4.98 Å². The SMILES string of the molecule is COc1ccc2[nH]c(C)c(CC(=O)Oc3ccccc3C(=O)Oc3ccccc3C(=O)O)c2c1C(=O)c1ccc(Cl)cc1. The Morgan fingerprint density at radius 3 is 2.07 bits per heavy atom. The maximum atomic E-state index is 13.7. The van der Waals surface area contributed by atoms with Crippen LogP contribution in [-0.2, 0) is 11.2 Å². The Morgan fingerprint density at radius 2 is 1.42 bits per heavy atom. The molecule has 0 aliphatic rings. The number of aromatic nitrogens is 1. The number of ether oxygens (including phenoxy) is 3. The quantitative estimate of drug-likeness (QED) is 0.113. The van der Waals surface area contributed by atoms with Crippen molar-refractivity contribution in [2.45, 2.75) is 13.3 Å². The molecule has 1 aromatic heterocycles. The first-order valence-electron chi connectivity index (χ1n) is 13.0. The van der Waals surface area contributed by atoms with E-state index in [1.54, 1.807) is 55.5 Å². The zero-order valence-corrected chi connectivity index (χ0v) is 23.7. The largest absolute Gasteiger partial charge is 0.496 e. The van der Waals surface area contributed by atoms with E-state index in [1.807, 2.05) is 0 Å². The molecule has 216 valence electrons. The predicted octanol–water partition coefficient (Wildman–Crippen LogP) is 6.43. The molecule has 0 aliphatic heterocycles. The van der Waals surface area contributed by atoms with Crippen molar-refractivity contribution in [3.8, 4) is 17.2 Å². The number of aromatic amines is 1. The van der Waals surface area contributed by atoms with Gasteiger partial charge in [0.15, 0.2) is 5.78 Å². The van der Waals surface area contributed by atoms with E-state index in [0.717, 1.165) is 0 Å². The first-order valence-corrected chi connectivity index (χ1v) is 13.4. The first-order chi connectivity index (χ1) is 20.7. The number of aromatic carboxylic acids is 1. The lowest BCUT2D eigenvalue weighted by molar-refractivity contribution is -0.133. The molecule has 0 bridgehead atoms. The molecule has 0 atom stereocenters. The topological polar surface area (TPSA) is 132 Å². The molecule has 0 aliphatic carbocycles. The van der Waals surface area contributed by atoms with Gasteiger partial charge in [0.05, 0.1) is 19.1 Å². The minimum absolute atomic E-state index is 0.0714. The highest BCUT2D eigenvalue weighted by atomic mass is 35.5. The second-order valence-corrected chi connectivity index (χ2v) is 9.90. The molecule has 2 N–H and O–H groups in total. The number of rotatable bonds is 9. The smallest absolute Gasteiger partial charge is 0.347 e. The lowest BCUT2D eigenvalue weighted by atomic mass is 9.95. The fourth-order valence-electron chi connectivity index (χ4n) is 4.74. The molecule has 0 saturated heterocycles. The van der Waals surface area contributed by atoms with Crippen molar-refractivity contribution in [2.75, 3.05) is 7.11 Å². The van der Waals surface area contributed by atoms with Crippen LogP contribution in [0.5, 0.6) is 17.2 Å². The van der Waals surface area contributed by atoms with Crippen LogP contribution >= 0.6 is 11.6 Å². The Labute approximate surface area is 250 Å². The Hall–Kier alpha value is -5.41. The minimum atomic E-state index is -1.26. The van der Waals surface area contributed by atoms with Gasteiger partial charge in [0, 0.05) is 27.2 Å². The molecule has 0 amide bonds. The molecule has 0 fully saturated rings. The van der Waals surface area contributed by atoms with Gasteiger partial charge in [-0.1, -0.05) is 35.9 Å². The fourth-order valence-corrected chi connectivity index (χ4v) is 4.87. The number of H-pyrrole nitrogens is 1. The molecule has 0 saturated carbocycles. The highest BCUT2D eigenvalue weighted by Gasteiger charge is 2.25. The van der Waals surface area contributed by atoms with Gasteiger partial charge in [0.2, 0.25) is 0 Å². The number of fused-ring (bicyclic) bond motifs is 1. The third-order valence-electron chi connectivity index (χ3n) is 6.77. The van der Waals surface area contributed by atoms with Crippen molar-refractivity contribution >= 4 is 46.2 Å². The van der Waals surface area contributed by atoms with Crippen molar-refractivity contribution in [3.05, 3.63) is 123 Å². The molecule has 0 radical (unpaired) electrons. The van der Waals surface area contributed by atoms with Crippen LogP contribution in [0, 0.1) is 6.92 Å². The van der Waals surface area contributed by atoms with Crippen LogP contribution in [0.3, 0.4) is 0 Å². The summed E-state index contributed by atoms with van der Waals surface area (Å²) in [5.74, 6) is -3.08. The number of carboxylic acid groups (broad SMARTS) is 1. The molecule has 4 aromatic carbocycles. The van der Waals surface area contributed by atoms with Gasteiger partial charge in [0.25, 0.3) is 0 Å². The summed E-state index contributed by atoms with van der Waals surface area (Å²) < 4.78 is 16.5. The molecule has 10 heteroatoms. The molecule has 43 heavy (non-hydrogen) atoms. The summed E-state index contributed by atoms with van der Waals surface area (Å²) in [6, 6.07) is 21.6. The number of hydrogen-bond donors (Lipinski definition) is 2. The highest BCUT2D eigenvalue weighted by Crippen LogP contribution is 2.35. The van der Waals surface area contributed by atoms with Gasteiger partial charge in [0.1, 0.15) is 28.4 Å². The van der Waals surface area contributed by atoms with Crippen LogP contribution in [0.25, 0.3) is 10.9 Å². The number of aryl methyl sites for hydroxylation is 1. The zero-order chi connectivity index (χ0) is 30.7. The Bertz CT molecular complexity index is 1890. The monoisotopic (exact) mass is 597 g/mol.